The third-order valence-corrected chi connectivity index (χ3v) is 11.1. The Kier molecular flexibility index (Phi) is 8.71. The number of phenolic OH excluding ortho intramolecular Hbond substituents is 1. The van der Waals surface area contributed by atoms with Gasteiger partial charge in [0.05, 0.1) is 28.9 Å². The van der Waals surface area contributed by atoms with Crippen LogP contribution in [0.5, 0.6) is 5.75 Å². The summed E-state index contributed by atoms with van der Waals surface area (Å²) in [7, 11) is 0. The molecule has 0 bridgehead atoms. The molecule has 2 aliphatic carbocycles. The van der Waals surface area contributed by atoms with Gasteiger partial charge >= 0.3 is 5.97 Å². The van der Waals surface area contributed by atoms with Crippen LogP contribution in [0.25, 0.3) is 0 Å². The number of hydrogen-bond acceptors (Lipinski definition) is 7. The number of carboxylic acids is 1. The molecule has 2 saturated heterocycles. The molecular weight excluding hydrogens is 665 g/mol. The molecule has 0 aromatic heterocycles. The van der Waals surface area contributed by atoms with E-state index < -0.39 is 58.6 Å². The Labute approximate surface area is 292 Å². The van der Waals surface area contributed by atoms with E-state index >= 15 is 4.79 Å². The number of carbonyl (C=O) groups is 5. The van der Waals surface area contributed by atoms with Gasteiger partial charge in [-0.2, -0.15) is 5.01 Å². The van der Waals surface area contributed by atoms with Gasteiger partial charge in [-0.25, -0.2) is 4.39 Å². The number of carbonyl (C=O) groups excluding carboxylic acids is 4. The van der Waals surface area contributed by atoms with E-state index in [1.54, 1.807) is 36.4 Å². The van der Waals surface area contributed by atoms with Gasteiger partial charge in [-0.05, 0) is 91.3 Å². The summed E-state index contributed by atoms with van der Waals surface area (Å²) in [4.78, 5) is 69.7. The number of fused-ring (bicyclic) bond motifs is 4. The molecule has 4 aliphatic rings. The Hall–Kier alpha value is -5.03. The maximum absolute atomic E-state index is 15.1. The van der Waals surface area contributed by atoms with Crippen molar-refractivity contribution in [2.24, 2.45) is 23.7 Å². The number of imide groups is 2. The molecule has 3 fully saturated rings. The van der Waals surface area contributed by atoms with E-state index in [0.717, 1.165) is 10.6 Å². The van der Waals surface area contributed by atoms with Gasteiger partial charge in [0.25, 0.3) is 11.8 Å². The van der Waals surface area contributed by atoms with Crippen molar-refractivity contribution >= 4 is 46.9 Å². The van der Waals surface area contributed by atoms with Crippen LogP contribution < -0.4 is 5.43 Å². The van der Waals surface area contributed by atoms with E-state index in [2.05, 4.69) is 5.43 Å². The highest BCUT2D eigenvalue weighted by Gasteiger charge is 2.70. The quantitative estimate of drug-likeness (QED) is 0.137. The van der Waals surface area contributed by atoms with Crippen molar-refractivity contribution in [3.8, 4) is 5.75 Å². The molecular formula is C38H35ClFN3O7. The van der Waals surface area contributed by atoms with Gasteiger partial charge in [0.2, 0.25) is 11.8 Å². The van der Waals surface area contributed by atoms with Crippen LogP contribution >= 0.6 is 11.6 Å². The average Bonchev–Trinajstić information content (AvgIpc) is 3.47. The number of allylic oxidation sites excluding steroid dienone is 2. The molecule has 12 heteroatoms. The number of carboxylic acid groups (broad SMARTS) is 1. The lowest BCUT2D eigenvalue weighted by Gasteiger charge is -2.50. The first-order valence-corrected chi connectivity index (χ1v) is 17.1. The number of anilines is 1. The summed E-state index contributed by atoms with van der Waals surface area (Å²) in [6.07, 6.45) is 3.81. The Morgan fingerprint density at radius 3 is 2.26 bits per heavy atom. The average molecular weight is 700 g/mol. The molecule has 6 atom stereocenters. The smallest absolute Gasteiger partial charge is 0.303 e. The fraction of sp³-hybridized carbons (Fsp3) is 0.342. The molecule has 2 aliphatic heterocycles. The van der Waals surface area contributed by atoms with Gasteiger partial charge < -0.3 is 10.2 Å². The summed E-state index contributed by atoms with van der Waals surface area (Å²) in [5, 5.41) is 20.6. The van der Waals surface area contributed by atoms with Crippen LogP contribution in [-0.2, 0) is 29.4 Å². The van der Waals surface area contributed by atoms with Crippen molar-refractivity contribution in [3.63, 3.8) is 0 Å². The second-order valence-corrected chi connectivity index (χ2v) is 13.9. The molecule has 0 spiro atoms. The third kappa shape index (κ3) is 5.44. The second-order valence-electron chi connectivity index (χ2n) is 13.5. The summed E-state index contributed by atoms with van der Waals surface area (Å²) >= 11 is 6.31. The zero-order valence-corrected chi connectivity index (χ0v) is 27.7. The van der Waals surface area contributed by atoms with Crippen LogP contribution in [0.15, 0.2) is 84.4 Å². The monoisotopic (exact) mass is 699 g/mol. The zero-order valence-electron chi connectivity index (χ0n) is 26.9. The van der Waals surface area contributed by atoms with E-state index in [-0.39, 0.29) is 43.4 Å². The Morgan fingerprint density at radius 1 is 0.880 bits per heavy atom. The SMILES string of the molecule is O=C(O)CCCCCN1C(=O)C2CC=C3C(CC4C(=O)N(Nc5ccc(F)cc5)C(=O)C4(c4ccc(Cl)cc4)C3c3ccc(O)cc3)C2C1=O. The first-order valence-electron chi connectivity index (χ1n) is 16.7. The number of benzene rings is 3. The number of aromatic hydroxyl groups is 1. The maximum atomic E-state index is 15.1. The zero-order chi connectivity index (χ0) is 35.3. The van der Waals surface area contributed by atoms with E-state index in [1.807, 2.05) is 6.08 Å². The summed E-state index contributed by atoms with van der Waals surface area (Å²) in [6.45, 7) is 0.179. The van der Waals surface area contributed by atoms with Crippen molar-refractivity contribution in [3.05, 3.63) is 106 Å². The number of nitrogens with one attached hydrogen (secondary N) is 1. The minimum absolute atomic E-state index is 0.0116. The highest BCUT2D eigenvalue weighted by molar-refractivity contribution is 6.30. The number of nitrogens with zero attached hydrogens (tertiary/aromatic N) is 2. The molecule has 3 aromatic carbocycles. The predicted molar refractivity (Wildman–Crippen MR) is 180 cm³/mol. The van der Waals surface area contributed by atoms with Crippen LogP contribution in [0.1, 0.15) is 55.6 Å². The largest absolute Gasteiger partial charge is 0.508 e. The third-order valence-electron chi connectivity index (χ3n) is 10.8. The number of likely N-dealkylation sites (tertiary alicyclic amines) is 1. The highest BCUT2D eigenvalue weighted by atomic mass is 35.5. The molecule has 50 heavy (non-hydrogen) atoms. The molecule has 3 aromatic rings. The number of halogens is 2. The number of aliphatic carboxylic acids is 1. The number of phenols is 1. The Balaban J connectivity index is 1.33. The number of hydrogen-bond donors (Lipinski definition) is 3. The van der Waals surface area contributed by atoms with Crippen LogP contribution in [-0.4, -0.2) is 56.3 Å². The van der Waals surface area contributed by atoms with Gasteiger partial charge in [-0.3, -0.25) is 34.3 Å². The van der Waals surface area contributed by atoms with Gasteiger partial charge in [0.15, 0.2) is 0 Å². The molecule has 7 rings (SSSR count). The number of hydrazine groups is 1. The molecule has 1 saturated carbocycles. The molecule has 3 N–H and O–H groups in total. The van der Waals surface area contributed by atoms with Crippen molar-refractivity contribution in [1.82, 2.24) is 9.91 Å². The standard InChI is InChI=1S/C38H35ClFN3O7/c39-23-9-7-22(8-10-23)38-30(35(48)43(37(38)50)41-25-13-11-24(40)12-14-25)20-29-27(33(38)21-5-15-26(44)16-6-21)17-18-28-32(29)36(49)42(34(28)47)19-3-1-2-4-31(45)46/h5-17,28-30,32-33,41,44H,1-4,18-20H2,(H,45,46). The highest BCUT2D eigenvalue weighted by Crippen LogP contribution is 2.64. The maximum Gasteiger partial charge on any atom is 0.303 e. The van der Waals surface area contributed by atoms with Crippen LogP contribution in [0, 0.1) is 29.5 Å². The van der Waals surface area contributed by atoms with Crippen LogP contribution in [0.4, 0.5) is 10.1 Å². The minimum atomic E-state index is -1.50. The normalized spacial score (nSPS) is 27.2. The van der Waals surface area contributed by atoms with Crippen molar-refractivity contribution in [1.29, 1.82) is 0 Å². The van der Waals surface area contributed by atoms with Gasteiger partial charge in [0, 0.05) is 23.9 Å². The second kappa shape index (κ2) is 13.0. The van der Waals surface area contributed by atoms with E-state index in [1.165, 1.54) is 41.3 Å². The fourth-order valence-electron chi connectivity index (χ4n) is 8.71. The van der Waals surface area contributed by atoms with Crippen molar-refractivity contribution in [2.45, 2.75) is 49.9 Å². The van der Waals surface area contributed by atoms with Gasteiger partial charge in [-0.15, -0.1) is 0 Å². The number of unbranched alkanes of at least 4 members (excludes halogenated alkanes) is 2. The van der Waals surface area contributed by atoms with E-state index in [0.29, 0.717) is 41.1 Å². The number of amides is 4. The van der Waals surface area contributed by atoms with Gasteiger partial charge in [-0.1, -0.05) is 53.9 Å². The molecule has 10 nitrogen and oxygen atoms in total. The first kappa shape index (κ1) is 33.5. The molecule has 4 amide bonds. The predicted octanol–water partition coefficient (Wildman–Crippen LogP) is 5.81. The molecule has 2 heterocycles. The minimum Gasteiger partial charge on any atom is -0.508 e. The summed E-state index contributed by atoms with van der Waals surface area (Å²) in [5.74, 6) is -6.68. The van der Waals surface area contributed by atoms with Crippen LogP contribution in [0.3, 0.4) is 0 Å². The van der Waals surface area contributed by atoms with Crippen molar-refractivity contribution in [2.75, 3.05) is 12.0 Å². The lowest BCUT2D eigenvalue weighted by Crippen LogP contribution is -2.53. The van der Waals surface area contributed by atoms with Crippen LogP contribution in [0.2, 0.25) is 5.02 Å². The Morgan fingerprint density at radius 2 is 1.58 bits per heavy atom. The lowest BCUT2D eigenvalue weighted by atomic mass is 9.49. The topological polar surface area (TPSA) is 144 Å². The van der Waals surface area contributed by atoms with E-state index in [9.17, 15) is 28.7 Å². The van der Waals surface area contributed by atoms with Crippen molar-refractivity contribution < 1.29 is 38.6 Å². The summed E-state index contributed by atoms with van der Waals surface area (Å²) < 4.78 is 13.8. The molecule has 6 unspecified atom stereocenters. The first-order chi connectivity index (χ1) is 24.0. The van der Waals surface area contributed by atoms with Gasteiger partial charge in [0.1, 0.15) is 11.6 Å². The fourth-order valence-corrected chi connectivity index (χ4v) is 8.83. The summed E-state index contributed by atoms with van der Waals surface area (Å²) in [6, 6.07) is 18.5. The molecule has 0 radical (unpaired) electrons. The lowest BCUT2D eigenvalue weighted by molar-refractivity contribution is -0.141. The number of rotatable bonds is 10. The Bertz CT molecular complexity index is 1900. The summed E-state index contributed by atoms with van der Waals surface area (Å²) in [5.41, 5.74) is 3.71. The van der Waals surface area contributed by atoms with E-state index in [4.69, 9.17) is 16.7 Å². The molecule has 258 valence electrons.